The van der Waals surface area contributed by atoms with Crippen molar-refractivity contribution in [3.05, 3.63) is 46.5 Å². The average molecular weight is 256 g/mol. The van der Waals surface area contributed by atoms with Crippen LogP contribution in [-0.2, 0) is 0 Å². The number of hydrogen-bond donors (Lipinski definition) is 0. The van der Waals surface area contributed by atoms with Gasteiger partial charge in [0, 0.05) is 10.9 Å². The van der Waals surface area contributed by atoms with Crippen molar-refractivity contribution in [2.24, 2.45) is 0 Å². The number of thiazole rings is 1. The van der Waals surface area contributed by atoms with Gasteiger partial charge in [0.1, 0.15) is 11.5 Å². The Balaban J connectivity index is 2.18. The van der Waals surface area contributed by atoms with Crippen LogP contribution in [0.5, 0.6) is 0 Å². The molecule has 0 saturated heterocycles. The minimum absolute atomic E-state index is 0.805. The van der Waals surface area contributed by atoms with E-state index in [0.29, 0.717) is 0 Å². The predicted molar refractivity (Wildman–Crippen MR) is 72.5 cm³/mol. The van der Waals surface area contributed by atoms with Crippen molar-refractivity contribution in [2.45, 2.75) is 13.8 Å². The summed E-state index contributed by atoms with van der Waals surface area (Å²) in [5.41, 5.74) is 3.84. The molecule has 3 nitrogen and oxygen atoms in total. The number of aromatic nitrogens is 2. The first-order valence-electron chi connectivity index (χ1n) is 5.70. The number of hydrogen-bond acceptors (Lipinski definition) is 4. The van der Waals surface area contributed by atoms with Gasteiger partial charge in [0.05, 0.1) is 16.3 Å². The Morgan fingerprint density at radius 1 is 1.11 bits per heavy atom. The van der Waals surface area contributed by atoms with Crippen molar-refractivity contribution in [3.63, 3.8) is 0 Å². The highest BCUT2D eigenvalue weighted by Crippen LogP contribution is 2.34. The zero-order valence-electron chi connectivity index (χ0n) is 10.2. The van der Waals surface area contributed by atoms with E-state index in [4.69, 9.17) is 4.52 Å². The van der Waals surface area contributed by atoms with Gasteiger partial charge in [-0.15, -0.1) is 11.3 Å². The summed E-state index contributed by atoms with van der Waals surface area (Å²) in [6.45, 7) is 3.92. The van der Waals surface area contributed by atoms with Crippen LogP contribution in [0.2, 0.25) is 0 Å². The summed E-state index contributed by atoms with van der Waals surface area (Å²) in [5.74, 6) is 0.805. The molecular weight excluding hydrogens is 244 g/mol. The maximum Gasteiger partial charge on any atom is 0.143 e. The Labute approximate surface area is 109 Å². The van der Waals surface area contributed by atoms with Crippen molar-refractivity contribution in [3.8, 4) is 22.5 Å². The number of aryl methyl sites for hydroxylation is 2. The van der Waals surface area contributed by atoms with Crippen molar-refractivity contribution in [1.29, 1.82) is 0 Å². The summed E-state index contributed by atoms with van der Waals surface area (Å²) >= 11 is 1.63. The molecule has 0 spiro atoms. The van der Waals surface area contributed by atoms with Crippen LogP contribution >= 0.6 is 11.3 Å². The Kier molecular flexibility index (Phi) is 2.72. The lowest BCUT2D eigenvalue weighted by molar-refractivity contribution is 0.400. The van der Waals surface area contributed by atoms with E-state index in [1.54, 1.807) is 11.3 Å². The first-order valence-corrected chi connectivity index (χ1v) is 6.58. The van der Waals surface area contributed by atoms with Gasteiger partial charge in [0.15, 0.2) is 0 Å². The molecule has 1 aromatic carbocycles. The van der Waals surface area contributed by atoms with Gasteiger partial charge < -0.3 is 4.52 Å². The van der Waals surface area contributed by atoms with Crippen LogP contribution in [0.4, 0.5) is 0 Å². The highest BCUT2D eigenvalue weighted by molar-refractivity contribution is 7.09. The van der Waals surface area contributed by atoms with E-state index in [1.165, 1.54) is 0 Å². The third-order valence-electron chi connectivity index (χ3n) is 2.79. The van der Waals surface area contributed by atoms with Gasteiger partial charge in [-0.2, -0.15) is 0 Å². The molecule has 90 valence electrons. The van der Waals surface area contributed by atoms with Crippen LogP contribution < -0.4 is 0 Å². The van der Waals surface area contributed by atoms with Crippen LogP contribution in [0.25, 0.3) is 22.5 Å². The van der Waals surface area contributed by atoms with E-state index >= 15 is 0 Å². The molecule has 0 saturated carbocycles. The number of benzene rings is 1. The Morgan fingerprint density at radius 2 is 1.89 bits per heavy atom. The maximum absolute atomic E-state index is 5.33. The topological polar surface area (TPSA) is 38.9 Å². The van der Waals surface area contributed by atoms with Gasteiger partial charge in [-0.25, -0.2) is 4.98 Å². The Bertz CT molecular complexity index is 670. The fourth-order valence-corrected chi connectivity index (χ4v) is 2.55. The number of rotatable bonds is 2. The second-order valence-corrected chi connectivity index (χ2v) is 5.14. The fraction of sp³-hybridized carbons (Fsp3) is 0.143. The molecule has 0 fully saturated rings. The zero-order valence-corrected chi connectivity index (χ0v) is 11.0. The molecule has 18 heavy (non-hydrogen) atoms. The van der Waals surface area contributed by atoms with Crippen LogP contribution in [0.15, 0.2) is 40.2 Å². The lowest BCUT2D eigenvalue weighted by atomic mass is 10.0. The third-order valence-corrected chi connectivity index (χ3v) is 3.56. The largest absolute Gasteiger partial charge is 0.360 e. The van der Waals surface area contributed by atoms with E-state index in [-0.39, 0.29) is 0 Å². The first-order chi connectivity index (χ1) is 8.75. The second-order valence-electron chi connectivity index (χ2n) is 4.08. The molecule has 0 aliphatic carbocycles. The molecule has 2 aromatic heterocycles. The summed E-state index contributed by atoms with van der Waals surface area (Å²) in [6, 6.07) is 10.0. The quantitative estimate of drug-likeness (QED) is 0.693. The summed E-state index contributed by atoms with van der Waals surface area (Å²) < 4.78 is 5.33. The van der Waals surface area contributed by atoms with Gasteiger partial charge in [0.25, 0.3) is 0 Å². The standard InChI is InChI=1S/C14H12N2OS/c1-9-13(12-8-18-10(2)15-12)14(16-17-9)11-6-4-3-5-7-11/h3-8H,1-2H3. The van der Waals surface area contributed by atoms with Crippen molar-refractivity contribution in [1.82, 2.24) is 10.1 Å². The maximum atomic E-state index is 5.33. The molecule has 3 aromatic rings. The summed E-state index contributed by atoms with van der Waals surface area (Å²) in [4.78, 5) is 4.52. The summed E-state index contributed by atoms with van der Waals surface area (Å²) in [5, 5.41) is 7.25. The molecular formula is C14H12N2OS. The Hall–Kier alpha value is -1.94. The minimum Gasteiger partial charge on any atom is -0.360 e. The lowest BCUT2D eigenvalue weighted by Crippen LogP contribution is -1.84. The van der Waals surface area contributed by atoms with Gasteiger partial charge in [-0.05, 0) is 13.8 Å². The highest BCUT2D eigenvalue weighted by atomic mass is 32.1. The first kappa shape index (κ1) is 11.2. The number of nitrogens with zero attached hydrogens (tertiary/aromatic N) is 2. The molecule has 0 bridgehead atoms. The van der Waals surface area contributed by atoms with Crippen LogP contribution in [0.1, 0.15) is 10.8 Å². The molecule has 0 N–H and O–H groups in total. The van der Waals surface area contributed by atoms with Crippen LogP contribution in [0, 0.1) is 13.8 Å². The molecule has 3 rings (SSSR count). The summed E-state index contributed by atoms with van der Waals surface area (Å²) in [6.07, 6.45) is 0. The van der Waals surface area contributed by atoms with Gasteiger partial charge in [-0.3, -0.25) is 0 Å². The molecule has 0 atom stereocenters. The van der Waals surface area contributed by atoms with Crippen molar-refractivity contribution >= 4 is 11.3 Å². The fourth-order valence-electron chi connectivity index (χ4n) is 1.95. The predicted octanol–water partition coefficient (Wildman–Crippen LogP) is 4.08. The normalized spacial score (nSPS) is 10.8. The van der Waals surface area contributed by atoms with Crippen LogP contribution in [-0.4, -0.2) is 10.1 Å². The molecule has 4 heteroatoms. The highest BCUT2D eigenvalue weighted by Gasteiger charge is 2.18. The van der Waals surface area contributed by atoms with Crippen LogP contribution in [0.3, 0.4) is 0 Å². The lowest BCUT2D eigenvalue weighted by Gasteiger charge is -1.99. The second kappa shape index (κ2) is 4.38. The van der Waals surface area contributed by atoms with Gasteiger partial charge in [-0.1, -0.05) is 35.5 Å². The van der Waals surface area contributed by atoms with E-state index in [0.717, 1.165) is 33.3 Å². The van der Waals surface area contributed by atoms with E-state index in [1.807, 2.05) is 49.6 Å². The van der Waals surface area contributed by atoms with Crippen molar-refractivity contribution in [2.75, 3.05) is 0 Å². The molecule has 0 aliphatic heterocycles. The van der Waals surface area contributed by atoms with Gasteiger partial charge in [0.2, 0.25) is 0 Å². The Morgan fingerprint density at radius 3 is 2.56 bits per heavy atom. The van der Waals surface area contributed by atoms with Crippen molar-refractivity contribution < 1.29 is 4.52 Å². The molecule has 0 unspecified atom stereocenters. The average Bonchev–Trinajstić information content (AvgIpc) is 2.96. The zero-order chi connectivity index (χ0) is 12.5. The van der Waals surface area contributed by atoms with E-state index in [9.17, 15) is 0 Å². The minimum atomic E-state index is 0.805. The molecule has 2 heterocycles. The van der Waals surface area contributed by atoms with E-state index in [2.05, 4.69) is 10.1 Å². The molecule has 0 aliphatic rings. The van der Waals surface area contributed by atoms with E-state index < -0.39 is 0 Å². The SMILES string of the molecule is Cc1nc(-c2c(-c3ccccc3)noc2C)cs1. The summed E-state index contributed by atoms with van der Waals surface area (Å²) in [7, 11) is 0. The smallest absolute Gasteiger partial charge is 0.143 e. The third kappa shape index (κ3) is 1.84. The van der Waals surface area contributed by atoms with Gasteiger partial charge >= 0.3 is 0 Å². The molecule has 0 radical (unpaired) electrons. The monoisotopic (exact) mass is 256 g/mol. The molecule has 0 amide bonds.